The fraction of sp³-hybridized carbons (Fsp3) is 0. The molecule has 20 heavy (non-hydrogen) atoms. The van der Waals surface area contributed by atoms with Crippen LogP contribution < -0.4 is 5.43 Å². The van der Waals surface area contributed by atoms with Gasteiger partial charge in [0.1, 0.15) is 0 Å². The zero-order valence-electron chi connectivity index (χ0n) is 10.5. The Labute approximate surface area is 121 Å². The number of halogens is 1. The molecule has 0 aliphatic carbocycles. The first kappa shape index (κ1) is 12.6. The van der Waals surface area contributed by atoms with E-state index in [1.54, 1.807) is 12.4 Å². The standard InChI is InChI=1S/C15H11ClN4/c16-13-6-3-4-11(8-13)9-17-19-15-14-7-2-1-5-12(14)10-18-20-15/h1-10H,(H,19,20). The molecular weight excluding hydrogens is 272 g/mol. The van der Waals surface area contributed by atoms with Crippen molar-refractivity contribution in [2.75, 3.05) is 5.43 Å². The number of aromatic nitrogens is 2. The number of hydrogen-bond donors (Lipinski definition) is 1. The first-order valence-electron chi connectivity index (χ1n) is 6.08. The quantitative estimate of drug-likeness (QED) is 0.588. The van der Waals surface area contributed by atoms with Crippen LogP contribution in [0.2, 0.25) is 5.02 Å². The van der Waals surface area contributed by atoms with Crippen LogP contribution in [-0.2, 0) is 0 Å². The largest absolute Gasteiger partial charge is 0.259 e. The summed E-state index contributed by atoms with van der Waals surface area (Å²) in [4.78, 5) is 0. The van der Waals surface area contributed by atoms with Crippen molar-refractivity contribution < 1.29 is 0 Å². The molecule has 1 aromatic heterocycles. The maximum absolute atomic E-state index is 5.91. The lowest BCUT2D eigenvalue weighted by molar-refractivity contribution is 1.04. The highest BCUT2D eigenvalue weighted by Gasteiger charge is 2.00. The number of hydrogen-bond acceptors (Lipinski definition) is 4. The van der Waals surface area contributed by atoms with E-state index in [0.29, 0.717) is 10.8 Å². The van der Waals surface area contributed by atoms with E-state index in [0.717, 1.165) is 16.3 Å². The second-order valence-corrected chi connectivity index (χ2v) is 4.64. The minimum absolute atomic E-state index is 0.626. The first-order chi connectivity index (χ1) is 9.83. The minimum atomic E-state index is 0.626. The number of benzene rings is 2. The minimum Gasteiger partial charge on any atom is -0.259 e. The molecule has 98 valence electrons. The van der Waals surface area contributed by atoms with E-state index in [2.05, 4.69) is 20.7 Å². The van der Waals surface area contributed by atoms with Crippen molar-refractivity contribution in [3.63, 3.8) is 0 Å². The fourth-order valence-electron chi connectivity index (χ4n) is 1.87. The van der Waals surface area contributed by atoms with Gasteiger partial charge >= 0.3 is 0 Å². The van der Waals surface area contributed by atoms with E-state index >= 15 is 0 Å². The summed E-state index contributed by atoms with van der Waals surface area (Å²) in [5.41, 5.74) is 3.82. The third kappa shape index (κ3) is 2.75. The van der Waals surface area contributed by atoms with E-state index in [-0.39, 0.29) is 0 Å². The van der Waals surface area contributed by atoms with Crippen LogP contribution in [0.1, 0.15) is 5.56 Å². The SMILES string of the molecule is Clc1cccc(C=NNc2nncc3ccccc23)c1. The van der Waals surface area contributed by atoms with Crippen molar-refractivity contribution >= 4 is 34.4 Å². The summed E-state index contributed by atoms with van der Waals surface area (Å²) in [5, 5.41) is 14.8. The van der Waals surface area contributed by atoms with Crippen molar-refractivity contribution in [2.45, 2.75) is 0 Å². The summed E-state index contributed by atoms with van der Waals surface area (Å²) < 4.78 is 0. The molecule has 3 aromatic rings. The molecule has 0 atom stereocenters. The molecule has 0 aliphatic rings. The molecule has 0 amide bonds. The molecule has 1 heterocycles. The number of anilines is 1. The average Bonchev–Trinajstić information content (AvgIpc) is 2.48. The van der Waals surface area contributed by atoms with Gasteiger partial charge in [0.15, 0.2) is 5.82 Å². The number of nitrogens with one attached hydrogen (secondary N) is 1. The molecule has 4 nitrogen and oxygen atoms in total. The van der Waals surface area contributed by atoms with Gasteiger partial charge in [-0.05, 0) is 17.7 Å². The van der Waals surface area contributed by atoms with Crippen LogP contribution in [0.4, 0.5) is 5.82 Å². The van der Waals surface area contributed by atoms with E-state index in [9.17, 15) is 0 Å². The van der Waals surface area contributed by atoms with Crippen LogP contribution in [0, 0.1) is 0 Å². The van der Waals surface area contributed by atoms with Crippen LogP contribution >= 0.6 is 11.6 Å². The lowest BCUT2D eigenvalue weighted by Crippen LogP contribution is -1.96. The normalized spacial score (nSPS) is 11.1. The molecule has 0 bridgehead atoms. The fourth-order valence-corrected chi connectivity index (χ4v) is 2.06. The van der Waals surface area contributed by atoms with Crippen LogP contribution in [0.5, 0.6) is 0 Å². The van der Waals surface area contributed by atoms with Crippen molar-refractivity contribution in [1.82, 2.24) is 10.2 Å². The third-order valence-electron chi connectivity index (χ3n) is 2.80. The maximum atomic E-state index is 5.91. The van der Waals surface area contributed by atoms with Crippen LogP contribution in [0.3, 0.4) is 0 Å². The number of fused-ring (bicyclic) bond motifs is 1. The van der Waals surface area contributed by atoms with Gasteiger partial charge in [0.25, 0.3) is 0 Å². The lowest BCUT2D eigenvalue weighted by Gasteiger charge is -2.02. The number of nitrogens with zero attached hydrogens (tertiary/aromatic N) is 3. The Bertz CT molecular complexity index is 765. The molecule has 0 spiro atoms. The van der Waals surface area contributed by atoms with Crippen LogP contribution in [0.15, 0.2) is 59.8 Å². The highest BCUT2D eigenvalue weighted by atomic mass is 35.5. The zero-order valence-corrected chi connectivity index (χ0v) is 11.2. The molecule has 2 aromatic carbocycles. The monoisotopic (exact) mass is 282 g/mol. The zero-order chi connectivity index (χ0) is 13.8. The van der Waals surface area contributed by atoms with Crippen LogP contribution in [-0.4, -0.2) is 16.4 Å². The van der Waals surface area contributed by atoms with E-state index in [4.69, 9.17) is 11.6 Å². The Morgan fingerprint density at radius 1 is 1.10 bits per heavy atom. The highest BCUT2D eigenvalue weighted by Crippen LogP contribution is 2.19. The van der Waals surface area contributed by atoms with Crippen molar-refractivity contribution in [2.24, 2.45) is 5.10 Å². The Kier molecular flexibility index (Phi) is 3.56. The summed E-state index contributed by atoms with van der Waals surface area (Å²) >= 11 is 5.91. The summed E-state index contributed by atoms with van der Waals surface area (Å²) in [7, 11) is 0. The predicted molar refractivity (Wildman–Crippen MR) is 82.2 cm³/mol. The summed E-state index contributed by atoms with van der Waals surface area (Å²) in [6, 6.07) is 15.3. The smallest absolute Gasteiger partial charge is 0.176 e. The lowest BCUT2D eigenvalue weighted by atomic mass is 10.2. The molecule has 0 aliphatic heterocycles. The van der Waals surface area contributed by atoms with Gasteiger partial charge < -0.3 is 0 Å². The Hall–Kier alpha value is -2.46. The van der Waals surface area contributed by atoms with Gasteiger partial charge in [-0.15, -0.1) is 5.10 Å². The molecular formula is C15H11ClN4. The molecule has 0 saturated carbocycles. The second kappa shape index (κ2) is 5.67. The van der Waals surface area contributed by atoms with Gasteiger partial charge in [0, 0.05) is 15.8 Å². The van der Waals surface area contributed by atoms with Gasteiger partial charge in [0.05, 0.1) is 12.4 Å². The molecule has 1 N–H and O–H groups in total. The topological polar surface area (TPSA) is 50.2 Å². The number of hydrazone groups is 1. The molecule has 0 radical (unpaired) electrons. The van der Waals surface area contributed by atoms with Crippen molar-refractivity contribution in [1.29, 1.82) is 0 Å². The van der Waals surface area contributed by atoms with E-state index < -0.39 is 0 Å². The predicted octanol–water partition coefficient (Wildman–Crippen LogP) is 3.73. The third-order valence-corrected chi connectivity index (χ3v) is 3.04. The maximum Gasteiger partial charge on any atom is 0.176 e. The van der Waals surface area contributed by atoms with Crippen molar-refractivity contribution in [3.8, 4) is 0 Å². The molecule has 0 saturated heterocycles. The molecule has 5 heteroatoms. The molecule has 3 rings (SSSR count). The summed E-state index contributed by atoms with van der Waals surface area (Å²) in [6.45, 7) is 0. The van der Waals surface area contributed by atoms with Gasteiger partial charge in [0.2, 0.25) is 0 Å². The Morgan fingerprint density at radius 3 is 2.90 bits per heavy atom. The van der Waals surface area contributed by atoms with Crippen molar-refractivity contribution in [3.05, 3.63) is 65.3 Å². The van der Waals surface area contributed by atoms with Gasteiger partial charge in [-0.25, -0.2) is 0 Å². The first-order valence-corrected chi connectivity index (χ1v) is 6.46. The summed E-state index contributed by atoms with van der Waals surface area (Å²) in [5.74, 6) is 0.626. The van der Waals surface area contributed by atoms with E-state index in [1.165, 1.54) is 0 Å². The number of rotatable bonds is 3. The second-order valence-electron chi connectivity index (χ2n) is 4.21. The van der Waals surface area contributed by atoms with Gasteiger partial charge in [-0.1, -0.05) is 48.0 Å². The average molecular weight is 283 g/mol. The Morgan fingerprint density at radius 2 is 2.00 bits per heavy atom. The van der Waals surface area contributed by atoms with Gasteiger partial charge in [-0.2, -0.15) is 10.2 Å². The Balaban J connectivity index is 1.84. The highest BCUT2D eigenvalue weighted by molar-refractivity contribution is 6.30. The van der Waals surface area contributed by atoms with Crippen LogP contribution in [0.25, 0.3) is 10.8 Å². The van der Waals surface area contributed by atoms with Gasteiger partial charge in [-0.3, -0.25) is 5.43 Å². The molecule has 0 unspecified atom stereocenters. The summed E-state index contributed by atoms with van der Waals surface area (Å²) in [6.07, 6.45) is 3.41. The van der Waals surface area contributed by atoms with E-state index in [1.807, 2.05) is 48.5 Å². The molecule has 0 fully saturated rings.